The van der Waals surface area contributed by atoms with Crippen molar-refractivity contribution in [2.45, 2.75) is 36.5 Å². The van der Waals surface area contributed by atoms with Crippen LogP contribution >= 0.6 is 23.4 Å². The number of rotatable bonds is 5. The molecule has 1 amide bonds. The Hall–Kier alpha value is -2.56. The van der Waals surface area contributed by atoms with Crippen molar-refractivity contribution in [3.63, 3.8) is 0 Å². The Morgan fingerprint density at radius 2 is 2.15 bits per heavy atom. The van der Waals surface area contributed by atoms with Gasteiger partial charge in [0.1, 0.15) is 11.1 Å². The zero-order chi connectivity index (χ0) is 19.6. The molecule has 0 saturated heterocycles. The molecule has 0 spiro atoms. The third kappa shape index (κ3) is 4.24. The van der Waals surface area contributed by atoms with Crippen LogP contribution in [0, 0.1) is 11.3 Å². The Labute approximate surface area is 165 Å². The van der Waals surface area contributed by atoms with Gasteiger partial charge in [-0.05, 0) is 56.0 Å². The van der Waals surface area contributed by atoms with Gasteiger partial charge in [-0.1, -0.05) is 23.4 Å². The summed E-state index contributed by atoms with van der Waals surface area (Å²) in [4.78, 5) is 28.2. The van der Waals surface area contributed by atoms with Crippen molar-refractivity contribution < 1.29 is 14.7 Å². The summed E-state index contributed by atoms with van der Waals surface area (Å²) in [5.74, 6) is -1.46. The summed E-state index contributed by atoms with van der Waals surface area (Å²) in [6.45, 7) is 1.70. The minimum atomic E-state index is -1.11. The number of aromatic carboxylic acids is 1. The largest absolute Gasteiger partial charge is 0.478 e. The molecule has 8 heteroatoms. The fraction of sp³-hybridized carbons (Fsp3) is 0.263. The van der Waals surface area contributed by atoms with Crippen LogP contribution in [0.5, 0.6) is 0 Å². The maximum absolute atomic E-state index is 12.5. The highest BCUT2D eigenvalue weighted by Crippen LogP contribution is 2.31. The molecule has 0 saturated carbocycles. The highest BCUT2D eigenvalue weighted by molar-refractivity contribution is 8.00. The average Bonchev–Trinajstić information content (AvgIpc) is 3.09. The number of carbonyl (C=O) groups excluding carboxylic acids is 1. The van der Waals surface area contributed by atoms with Crippen LogP contribution in [0.2, 0.25) is 5.02 Å². The van der Waals surface area contributed by atoms with Gasteiger partial charge < -0.3 is 10.4 Å². The number of benzene rings is 1. The molecule has 1 aromatic carbocycles. The van der Waals surface area contributed by atoms with Gasteiger partial charge in [-0.3, -0.25) is 4.79 Å². The third-order valence-corrected chi connectivity index (χ3v) is 5.70. The first-order valence-electron chi connectivity index (χ1n) is 8.32. The number of fused-ring (bicyclic) bond motifs is 1. The van der Waals surface area contributed by atoms with Crippen LogP contribution in [0.15, 0.2) is 29.3 Å². The third-order valence-electron chi connectivity index (χ3n) is 4.27. The van der Waals surface area contributed by atoms with E-state index in [4.69, 9.17) is 16.7 Å². The molecule has 0 aliphatic heterocycles. The van der Waals surface area contributed by atoms with Crippen molar-refractivity contribution in [3.05, 3.63) is 51.7 Å². The summed E-state index contributed by atoms with van der Waals surface area (Å²) in [5, 5.41) is 21.3. The Kier molecular flexibility index (Phi) is 5.68. The van der Waals surface area contributed by atoms with E-state index >= 15 is 0 Å². The number of nitriles is 1. The molecule has 1 aromatic heterocycles. The molecule has 6 nitrogen and oxygen atoms in total. The van der Waals surface area contributed by atoms with Crippen LogP contribution in [0.1, 0.15) is 40.5 Å². The van der Waals surface area contributed by atoms with Crippen LogP contribution in [0.4, 0.5) is 5.69 Å². The Morgan fingerprint density at radius 3 is 2.85 bits per heavy atom. The molecular weight excluding hydrogens is 386 g/mol. The van der Waals surface area contributed by atoms with Crippen molar-refractivity contribution in [2.24, 2.45) is 0 Å². The number of halogens is 1. The first kappa shape index (κ1) is 19.2. The molecule has 0 bridgehead atoms. The van der Waals surface area contributed by atoms with Gasteiger partial charge in [-0.25, -0.2) is 9.78 Å². The number of thioether (sulfide) groups is 1. The molecule has 0 radical (unpaired) electrons. The molecule has 1 aliphatic carbocycles. The number of carbonyl (C=O) groups is 2. The number of carboxylic acid groups (broad SMARTS) is 1. The molecule has 1 heterocycles. The van der Waals surface area contributed by atoms with Crippen LogP contribution < -0.4 is 5.32 Å². The zero-order valence-electron chi connectivity index (χ0n) is 14.5. The van der Waals surface area contributed by atoms with E-state index < -0.39 is 11.2 Å². The molecule has 0 fully saturated rings. The molecule has 1 unspecified atom stereocenters. The monoisotopic (exact) mass is 401 g/mol. The van der Waals surface area contributed by atoms with Crippen LogP contribution in [0.25, 0.3) is 0 Å². The van der Waals surface area contributed by atoms with Gasteiger partial charge in [0.25, 0.3) is 0 Å². The van der Waals surface area contributed by atoms with Crippen LogP contribution in [0.3, 0.4) is 0 Å². The predicted octanol–water partition coefficient (Wildman–Crippen LogP) is 3.91. The van der Waals surface area contributed by atoms with Gasteiger partial charge in [-0.15, -0.1) is 0 Å². The highest BCUT2D eigenvalue weighted by Gasteiger charge is 2.22. The fourth-order valence-corrected chi connectivity index (χ4v) is 3.89. The van der Waals surface area contributed by atoms with Gasteiger partial charge in [0.15, 0.2) is 0 Å². The lowest BCUT2D eigenvalue weighted by atomic mass is 10.2. The Balaban J connectivity index is 1.77. The summed E-state index contributed by atoms with van der Waals surface area (Å²) in [5.41, 5.74) is 2.82. The van der Waals surface area contributed by atoms with Gasteiger partial charge in [0.2, 0.25) is 5.91 Å². The lowest BCUT2D eigenvalue weighted by molar-refractivity contribution is -0.115. The molecule has 1 aliphatic rings. The number of nitrogens with zero attached hydrogens (tertiary/aromatic N) is 2. The topological polar surface area (TPSA) is 103 Å². The molecule has 3 rings (SSSR count). The van der Waals surface area contributed by atoms with E-state index in [0.29, 0.717) is 10.6 Å². The number of pyridine rings is 1. The standard InChI is InChI=1S/C19H16ClN3O3S/c1-10(17(24)22-16-8-12(19(25)26)5-6-14(16)20)27-18-13(9-21)7-11-3-2-4-15(11)23-18/h5-8,10H,2-4H2,1H3,(H,22,24)(H,25,26). The highest BCUT2D eigenvalue weighted by atomic mass is 35.5. The number of aromatic nitrogens is 1. The van der Waals surface area contributed by atoms with Gasteiger partial charge in [0, 0.05) is 5.69 Å². The van der Waals surface area contributed by atoms with Crippen molar-refractivity contribution in [2.75, 3.05) is 5.32 Å². The Morgan fingerprint density at radius 1 is 1.37 bits per heavy atom. The lowest BCUT2D eigenvalue weighted by Crippen LogP contribution is -2.23. The van der Waals surface area contributed by atoms with E-state index in [1.807, 2.05) is 6.07 Å². The number of carboxylic acids is 1. The van der Waals surface area contributed by atoms with E-state index in [1.165, 1.54) is 30.0 Å². The zero-order valence-corrected chi connectivity index (χ0v) is 16.0. The smallest absolute Gasteiger partial charge is 0.335 e. The summed E-state index contributed by atoms with van der Waals surface area (Å²) in [6.07, 6.45) is 2.83. The number of nitrogens with one attached hydrogen (secondary N) is 1. The summed E-state index contributed by atoms with van der Waals surface area (Å²) >= 11 is 7.25. The molecule has 2 N–H and O–H groups in total. The maximum Gasteiger partial charge on any atom is 0.335 e. The Bertz CT molecular complexity index is 971. The first-order chi connectivity index (χ1) is 12.9. The molecular formula is C19H16ClN3O3S. The normalized spacial score (nSPS) is 13.5. The number of anilines is 1. The second-order valence-electron chi connectivity index (χ2n) is 6.16. The number of hydrogen-bond donors (Lipinski definition) is 2. The first-order valence-corrected chi connectivity index (χ1v) is 9.58. The van der Waals surface area contributed by atoms with E-state index in [0.717, 1.165) is 30.5 Å². The summed E-state index contributed by atoms with van der Waals surface area (Å²) in [6, 6.07) is 8.11. The second kappa shape index (κ2) is 7.99. The molecule has 138 valence electrons. The van der Waals surface area contributed by atoms with Crippen molar-refractivity contribution in [1.29, 1.82) is 5.26 Å². The fourth-order valence-electron chi connectivity index (χ4n) is 2.83. The van der Waals surface area contributed by atoms with E-state index in [2.05, 4.69) is 16.4 Å². The average molecular weight is 402 g/mol. The van der Waals surface area contributed by atoms with Crippen molar-refractivity contribution in [3.8, 4) is 6.07 Å². The summed E-state index contributed by atoms with van der Waals surface area (Å²) in [7, 11) is 0. The lowest BCUT2D eigenvalue weighted by Gasteiger charge is -2.14. The van der Waals surface area contributed by atoms with E-state index in [-0.39, 0.29) is 22.2 Å². The molecule has 27 heavy (non-hydrogen) atoms. The van der Waals surface area contributed by atoms with Gasteiger partial charge >= 0.3 is 5.97 Å². The van der Waals surface area contributed by atoms with Gasteiger partial charge in [-0.2, -0.15) is 5.26 Å². The number of amides is 1. The molecule has 2 aromatic rings. The maximum atomic E-state index is 12.5. The SMILES string of the molecule is CC(Sc1nc2c(cc1C#N)CCC2)C(=O)Nc1cc(C(=O)O)ccc1Cl. The number of aryl methyl sites for hydroxylation is 2. The van der Waals surface area contributed by atoms with Crippen LogP contribution in [-0.2, 0) is 17.6 Å². The van der Waals surface area contributed by atoms with Gasteiger partial charge in [0.05, 0.1) is 27.1 Å². The van der Waals surface area contributed by atoms with Crippen LogP contribution in [-0.4, -0.2) is 27.2 Å². The van der Waals surface area contributed by atoms with Crippen molar-refractivity contribution in [1.82, 2.24) is 4.98 Å². The van der Waals surface area contributed by atoms with E-state index in [1.54, 1.807) is 6.92 Å². The number of hydrogen-bond acceptors (Lipinski definition) is 5. The second-order valence-corrected chi connectivity index (χ2v) is 7.90. The molecule has 1 atom stereocenters. The van der Waals surface area contributed by atoms with Crippen molar-refractivity contribution >= 4 is 40.9 Å². The van der Waals surface area contributed by atoms with E-state index in [9.17, 15) is 14.9 Å². The minimum Gasteiger partial charge on any atom is -0.478 e. The quantitative estimate of drug-likeness (QED) is 0.736. The summed E-state index contributed by atoms with van der Waals surface area (Å²) < 4.78 is 0. The minimum absolute atomic E-state index is 0.0297. The predicted molar refractivity (Wildman–Crippen MR) is 103 cm³/mol.